The van der Waals surface area contributed by atoms with Crippen LogP contribution in [0.1, 0.15) is 20.8 Å². The van der Waals surface area contributed by atoms with Gasteiger partial charge >= 0.3 is 0 Å². The van der Waals surface area contributed by atoms with Crippen LogP contribution in [0.4, 0.5) is 0 Å². The zero-order chi connectivity index (χ0) is 14.4. The Kier molecular flexibility index (Phi) is 4.90. The van der Waals surface area contributed by atoms with Crippen LogP contribution in [-0.4, -0.2) is 18.4 Å². The zero-order valence-electron chi connectivity index (χ0n) is 11.2. The number of hydrogen-bond donors (Lipinski definition) is 2. The van der Waals surface area contributed by atoms with Crippen molar-refractivity contribution in [3.63, 3.8) is 0 Å². The van der Waals surface area contributed by atoms with Gasteiger partial charge in [-0.1, -0.05) is 35.9 Å². The van der Waals surface area contributed by atoms with E-state index in [0.29, 0.717) is 11.4 Å². The summed E-state index contributed by atoms with van der Waals surface area (Å²) in [5, 5.41) is 7.19. The summed E-state index contributed by atoms with van der Waals surface area (Å²) in [4.78, 5) is 23.9. The summed E-state index contributed by atoms with van der Waals surface area (Å²) in [5.74, 6) is -0.415. The summed E-state index contributed by atoms with van der Waals surface area (Å²) in [6.07, 6.45) is 0. The first-order valence-electron chi connectivity index (χ1n) is 6.29. The van der Waals surface area contributed by atoms with Crippen LogP contribution in [0.3, 0.4) is 0 Å². The second kappa shape index (κ2) is 6.86. The van der Waals surface area contributed by atoms with Crippen molar-refractivity contribution in [2.45, 2.75) is 13.5 Å². The molecule has 0 aliphatic rings. The van der Waals surface area contributed by atoms with E-state index in [1.165, 1.54) is 11.3 Å². The van der Waals surface area contributed by atoms with Crippen LogP contribution in [-0.2, 0) is 11.3 Å². The highest BCUT2D eigenvalue weighted by Gasteiger charge is 2.08. The molecule has 0 aliphatic heterocycles. The highest BCUT2D eigenvalue weighted by Crippen LogP contribution is 2.07. The lowest BCUT2D eigenvalue weighted by molar-refractivity contribution is -0.120. The smallest absolute Gasteiger partial charge is 0.261 e. The molecule has 5 heteroatoms. The van der Waals surface area contributed by atoms with E-state index in [1.54, 1.807) is 12.1 Å². The van der Waals surface area contributed by atoms with Crippen LogP contribution in [0.5, 0.6) is 0 Å². The summed E-state index contributed by atoms with van der Waals surface area (Å²) in [5.41, 5.74) is 2.20. The predicted octanol–water partition coefficient (Wildman–Crippen LogP) is 2.10. The van der Waals surface area contributed by atoms with E-state index in [2.05, 4.69) is 10.6 Å². The van der Waals surface area contributed by atoms with Gasteiger partial charge in [-0.15, -0.1) is 11.3 Å². The molecule has 2 aromatic rings. The minimum absolute atomic E-state index is 0.0114. The topological polar surface area (TPSA) is 58.2 Å². The Hall–Kier alpha value is -2.14. The van der Waals surface area contributed by atoms with E-state index in [1.807, 2.05) is 36.6 Å². The Morgan fingerprint density at radius 1 is 1.15 bits per heavy atom. The number of carbonyl (C=O) groups is 2. The normalized spacial score (nSPS) is 10.1. The molecule has 2 rings (SSSR count). The average molecular weight is 288 g/mol. The van der Waals surface area contributed by atoms with Crippen molar-refractivity contribution < 1.29 is 9.59 Å². The van der Waals surface area contributed by atoms with E-state index in [-0.39, 0.29) is 18.4 Å². The van der Waals surface area contributed by atoms with Crippen molar-refractivity contribution in [3.05, 3.63) is 57.8 Å². The summed E-state index contributed by atoms with van der Waals surface area (Å²) in [6, 6.07) is 11.5. The molecule has 0 bridgehead atoms. The minimum Gasteiger partial charge on any atom is -0.350 e. The van der Waals surface area contributed by atoms with Crippen molar-refractivity contribution in [3.8, 4) is 0 Å². The molecule has 1 heterocycles. The van der Waals surface area contributed by atoms with Gasteiger partial charge < -0.3 is 10.6 Å². The molecule has 104 valence electrons. The Balaban J connectivity index is 1.74. The van der Waals surface area contributed by atoms with E-state index in [9.17, 15) is 9.59 Å². The summed E-state index contributed by atoms with van der Waals surface area (Å²) in [6.45, 7) is 2.46. The van der Waals surface area contributed by atoms with Gasteiger partial charge in [-0.25, -0.2) is 0 Å². The van der Waals surface area contributed by atoms with Gasteiger partial charge in [0, 0.05) is 6.54 Å². The molecule has 2 N–H and O–H groups in total. The SMILES string of the molecule is Cc1cccc(CNC(=O)CNC(=O)c2cccs2)c1. The lowest BCUT2D eigenvalue weighted by Crippen LogP contribution is -2.36. The van der Waals surface area contributed by atoms with E-state index < -0.39 is 0 Å². The number of thiophene rings is 1. The van der Waals surface area contributed by atoms with E-state index in [4.69, 9.17) is 0 Å². The zero-order valence-corrected chi connectivity index (χ0v) is 12.0. The quantitative estimate of drug-likeness (QED) is 0.885. The Bertz CT molecular complexity index is 594. The third kappa shape index (κ3) is 4.20. The first-order valence-corrected chi connectivity index (χ1v) is 7.17. The lowest BCUT2D eigenvalue weighted by atomic mass is 10.1. The van der Waals surface area contributed by atoms with Crippen molar-refractivity contribution in [1.82, 2.24) is 10.6 Å². The molecule has 20 heavy (non-hydrogen) atoms. The number of rotatable bonds is 5. The average Bonchev–Trinajstić information content (AvgIpc) is 2.97. The highest BCUT2D eigenvalue weighted by atomic mass is 32.1. The number of carbonyl (C=O) groups excluding carboxylic acids is 2. The fourth-order valence-corrected chi connectivity index (χ4v) is 2.38. The van der Waals surface area contributed by atoms with Gasteiger partial charge in [0.15, 0.2) is 0 Å². The summed E-state index contributed by atoms with van der Waals surface area (Å²) in [7, 11) is 0. The Labute approximate surface area is 121 Å². The second-order valence-corrected chi connectivity index (χ2v) is 5.37. The third-order valence-electron chi connectivity index (χ3n) is 2.73. The number of aryl methyl sites for hydroxylation is 1. The van der Waals surface area contributed by atoms with Crippen LogP contribution in [0, 0.1) is 6.92 Å². The molecule has 1 aromatic carbocycles. The maximum atomic E-state index is 11.7. The molecular weight excluding hydrogens is 272 g/mol. The monoisotopic (exact) mass is 288 g/mol. The van der Waals surface area contributed by atoms with Gasteiger partial charge in [-0.3, -0.25) is 9.59 Å². The molecule has 1 aromatic heterocycles. The van der Waals surface area contributed by atoms with Crippen molar-refractivity contribution in [2.75, 3.05) is 6.54 Å². The largest absolute Gasteiger partial charge is 0.350 e. The molecule has 0 aliphatic carbocycles. The van der Waals surface area contributed by atoms with Gasteiger partial charge in [0.2, 0.25) is 5.91 Å². The van der Waals surface area contributed by atoms with Gasteiger partial charge in [0.25, 0.3) is 5.91 Å². The fourth-order valence-electron chi connectivity index (χ4n) is 1.74. The predicted molar refractivity (Wildman–Crippen MR) is 79.7 cm³/mol. The second-order valence-electron chi connectivity index (χ2n) is 4.43. The van der Waals surface area contributed by atoms with E-state index in [0.717, 1.165) is 11.1 Å². The Morgan fingerprint density at radius 3 is 2.70 bits per heavy atom. The highest BCUT2D eigenvalue weighted by molar-refractivity contribution is 7.12. The van der Waals surface area contributed by atoms with Crippen LogP contribution < -0.4 is 10.6 Å². The van der Waals surface area contributed by atoms with Crippen molar-refractivity contribution in [1.29, 1.82) is 0 Å². The molecule has 0 unspecified atom stereocenters. The Morgan fingerprint density at radius 2 is 2.00 bits per heavy atom. The maximum Gasteiger partial charge on any atom is 0.261 e. The molecular formula is C15H16N2O2S. The van der Waals surface area contributed by atoms with Crippen molar-refractivity contribution >= 4 is 23.2 Å². The number of hydrogen-bond acceptors (Lipinski definition) is 3. The number of nitrogens with one attached hydrogen (secondary N) is 2. The summed E-state index contributed by atoms with van der Waals surface area (Å²) >= 11 is 1.35. The fraction of sp³-hybridized carbons (Fsp3) is 0.200. The molecule has 0 spiro atoms. The number of benzene rings is 1. The molecule has 0 fully saturated rings. The minimum atomic E-state index is -0.217. The van der Waals surface area contributed by atoms with Gasteiger partial charge in [0.1, 0.15) is 0 Å². The third-order valence-corrected chi connectivity index (χ3v) is 3.60. The molecule has 0 atom stereocenters. The molecule has 0 saturated heterocycles. The maximum absolute atomic E-state index is 11.7. The molecule has 2 amide bonds. The van der Waals surface area contributed by atoms with Crippen LogP contribution in [0.25, 0.3) is 0 Å². The lowest BCUT2D eigenvalue weighted by Gasteiger charge is -2.07. The molecule has 0 saturated carbocycles. The molecule has 0 radical (unpaired) electrons. The van der Waals surface area contributed by atoms with Crippen molar-refractivity contribution in [2.24, 2.45) is 0 Å². The first-order chi connectivity index (χ1) is 9.65. The van der Waals surface area contributed by atoms with Gasteiger partial charge in [0.05, 0.1) is 11.4 Å². The van der Waals surface area contributed by atoms with Gasteiger partial charge in [-0.2, -0.15) is 0 Å². The van der Waals surface area contributed by atoms with Crippen LogP contribution in [0.15, 0.2) is 41.8 Å². The number of amides is 2. The van der Waals surface area contributed by atoms with E-state index >= 15 is 0 Å². The standard InChI is InChI=1S/C15H16N2O2S/c1-11-4-2-5-12(8-11)9-16-14(18)10-17-15(19)13-6-3-7-20-13/h2-8H,9-10H2,1H3,(H,16,18)(H,17,19). The van der Waals surface area contributed by atoms with Gasteiger partial charge in [-0.05, 0) is 23.9 Å². The summed E-state index contributed by atoms with van der Waals surface area (Å²) < 4.78 is 0. The van der Waals surface area contributed by atoms with Crippen LogP contribution in [0.2, 0.25) is 0 Å². The molecule has 4 nitrogen and oxygen atoms in total. The van der Waals surface area contributed by atoms with Crippen LogP contribution >= 0.6 is 11.3 Å². The first kappa shape index (κ1) is 14.3.